The van der Waals surface area contributed by atoms with Gasteiger partial charge >= 0.3 is 11.9 Å². The summed E-state index contributed by atoms with van der Waals surface area (Å²) in [6, 6.07) is 9.11. The predicted octanol–water partition coefficient (Wildman–Crippen LogP) is 3.47. The van der Waals surface area contributed by atoms with Crippen LogP contribution in [0.4, 0.5) is 5.69 Å². The van der Waals surface area contributed by atoms with Gasteiger partial charge in [0, 0.05) is 11.6 Å². The second-order valence-electron chi connectivity index (χ2n) is 11.5. The first-order chi connectivity index (χ1) is 23.1. The summed E-state index contributed by atoms with van der Waals surface area (Å²) < 4.78 is 23.2. The van der Waals surface area contributed by atoms with Gasteiger partial charge in [0.25, 0.3) is 11.2 Å². The second kappa shape index (κ2) is 14.9. The van der Waals surface area contributed by atoms with Crippen LogP contribution in [0.25, 0.3) is 6.08 Å². The van der Waals surface area contributed by atoms with E-state index in [2.05, 4.69) is 14.6 Å². The maximum Gasteiger partial charge on any atom is 0.343 e. The molecule has 13 nitrogen and oxygen atoms in total. The molecule has 2 aromatic carbocycles. The van der Waals surface area contributed by atoms with Crippen molar-refractivity contribution >= 4 is 35.0 Å². The van der Waals surface area contributed by atoms with Crippen molar-refractivity contribution in [1.82, 2.24) is 9.47 Å². The number of methoxy groups -OCH3 is 1. The van der Waals surface area contributed by atoms with Crippen LogP contribution in [0.2, 0.25) is 0 Å². The number of fused-ring (bicyclic) bond motifs is 1. The van der Waals surface area contributed by atoms with Gasteiger partial charge in [0.05, 0.1) is 47.1 Å². The number of nitrogens with zero attached hydrogens (tertiary/aromatic N) is 4. The van der Waals surface area contributed by atoms with Crippen molar-refractivity contribution in [2.45, 2.75) is 45.6 Å². The van der Waals surface area contributed by atoms with Crippen LogP contribution in [0.5, 0.6) is 11.5 Å². The van der Waals surface area contributed by atoms with Crippen LogP contribution >= 0.6 is 11.3 Å². The molecule has 3 aromatic rings. The third-order valence-electron chi connectivity index (χ3n) is 8.38. The molecule has 2 aliphatic heterocycles. The minimum atomic E-state index is -0.933. The number of nitro groups is 1. The smallest absolute Gasteiger partial charge is 0.343 e. The summed E-state index contributed by atoms with van der Waals surface area (Å²) in [6.07, 6.45) is 3.28. The topological polar surface area (TPSA) is 152 Å². The number of carbonyl (C=O) groups excluding carboxylic acids is 2. The maximum atomic E-state index is 14.1. The van der Waals surface area contributed by atoms with Crippen LogP contribution in [0, 0.1) is 10.1 Å². The Morgan fingerprint density at radius 3 is 2.50 bits per heavy atom. The standard InChI is InChI=1S/C34H38N4O9S/c1-6-45-27-18-23(9-11-26(27)47-19-29(39)44-5)31-30(33(41)46-7-2)20(3)35-34-37(31)32(40)28(48-34)17-21-8-10-24(25(16-21)38(42)43)22-12-14-36(4)15-13-22/h8-11,16-18,22,31H,6-7,12-15,19H2,1-5H3/b28-17-/t31-/m1/s1. The lowest BCUT2D eigenvalue weighted by Gasteiger charge is -2.29. The Labute approximate surface area is 280 Å². The minimum Gasteiger partial charge on any atom is -0.490 e. The molecule has 0 bridgehead atoms. The van der Waals surface area contributed by atoms with Gasteiger partial charge in [-0.3, -0.25) is 19.5 Å². The molecule has 0 amide bonds. The van der Waals surface area contributed by atoms with E-state index in [9.17, 15) is 24.5 Å². The van der Waals surface area contributed by atoms with Crippen LogP contribution in [0.3, 0.4) is 0 Å². The molecule has 1 saturated heterocycles. The molecule has 0 aliphatic carbocycles. The fourth-order valence-corrected chi connectivity index (χ4v) is 7.06. The summed E-state index contributed by atoms with van der Waals surface area (Å²) in [7, 11) is 3.30. The van der Waals surface area contributed by atoms with E-state index in [4.69, 9.17) is 14.2 Å². The van der Waals surface area contributed by atoms with E-state index in [1.54, 1.807) is 57.2 Å². The van der Waals surface area contributed by atoms with Crippen molar-refractivity contribution in [3.8, 4) is 11.5 Å². The van der Waals surface area contributed by atoms with Crippen LogP contribution in [0.1, 0.15) is 62.3 Å². The highest BCUT2D eigenvalue weighted by molar-refractivity contribution is 7.07. The zero-order chi connectivity index (χ0) is 34.5. The molecule has 5 rings (SSSR count). The number of benzene rings is 2. The molecule has 1 aromatic heterocycles. The number of carbonyl (C=O) groups is 2. The molecular weight excluding hydrogens is 640 g/mol. The van der Waals surface area contributed by atoms with Crippen LogP contribution in [-0.2, 0) is 19.1 Å². The largest absolute Gasteiger partial charge is 0.490 e. The summed E-state index contributed by atoms with van der Waals surface area (Å²) in [6.45, 7) is 6.96. The normalized spacial score (nSPS) is 17.0. The molecule has 0 spiro atoms. The van der Waals surface area contributed by atoms with E-state index >= 15 is 0 Å². The fraction of sp³-hybridized carbons (Fsp3) is 0.412. The predicted molar refractivity (Wildman–Crippen MR) is 178 cm³/mol. The summed E-state index contributed by atoms with van der Waals surface area (Å²) >= 11 is 1.12. The van der Waals surface area contributed by atoms with E-state index in [1.165, 1.54) is 17.7 Å². The van der Waals surface area contributed by atoms with Crippen LogP contribution in [-0.4, -0.2) is 73.4 Å². The second-order valence-corrected chi connectivity index (χ2v) is 12.5. The molecule has 0 unspecified atom stereocenters. The molecule has 1 fully saturated rings. The molecule has 48 heavy (non-hydrogen) atoms. The number of aromatic nitrogens is 1. The van der Waals surface area contributed by atoms with Crippen molar-refractivity contribution in [2.75, 3.05) is 47.1 Å². The highest BCUT2D eigenvalue weighted by Gasteiger charge is 2.34. The van der Waals surface area contributed by atoms with Crippen molar-refractivity contribution in [1.29, 1.82) is 0 Å². The number of rotatable bonds is 11. The number of hydrogen-bond donors (Lipinski definition) is 0. The SMILES string of the molecule is CCOC(=O)C1=C(C)N=c2s/c(=C\c3ccc(C4CCN(C)CC4)c([N+](=O)[O-])c3)c(=O)n2[C@@H]1c1ccc(OCC(=O)OC)c(OCC)c1. The molecule has 1 atom stereocenters. The molecule has 254 valence electrons. The summed E-state index contributed by atoms with van der Waals surface area (Å²) in [5.41, 5.74) is 1.89. The molecular formula is C34H38N4O9S. The number of thiazole rings is 1. The molecule has 3 heterocycles. The number of esters is 2. The Bertz CT molecular complexity index is 1940. The number of nitro benzene ring substituents is 1. The lowest BCUT2D eigenvalue weighted by molar-refractivity contribution is -0.385. The molecule has 0 radical (unpaired) electrons. The Balaban J connectivity index is 1.62. The quantitative estimate of drug-likeness (QED) is 0.168. The average Bonchev–Trinajstić information content (AvgIpc) is 3.37. The third kappa shape index (κ3) is 7.19. The average molecular weight is 679 g/mol. The third-order valence-corrected chi connectivity index (χ3v) is 9.36. The highest BCUT2D eigenvalue weighted by Crippen LogP contribution is 2.37. The lowest BCUT2D eigenvalue weighted by atomic mass is 9.88. The van der Waals surface area contributed by atoms with Gasteiger partial charge in [0.1, 0.15) is 0 Å². The van der Waals surface area contributed by atoms with Crippen LogP contribution < -0.4 is 24.4 Å². The zero-order valence-electron chi connectivity index (χ0n) is 27.5. The van der Waals surface area contributed by atoms with E-state index in [1.807, 2.05) is 7.05 Å². The monoisotopic (exact) mass is 678 g/mol. The number of hydrogen-bond acceptors (Lipinski definition) is 12. The number of piperidine rings is 1. The Morgan fingerprint density at radius 2 is 1.83 bits per heavy atom. The minimum absolute atomic E-state index is 0.0300. The van der Waals surface area contributed by atoms with Gasteiger partial charge in [0.2, 0.25) is 0 Å². The van der Waals surface area contributed by atoms with Gasteiger partial charge in [-0.05, 0) is 89.0 Å². The first-order valence-corrected chi connectivity index (χ1v) is 16.5. The Morgan fingerprint density at radius 1 is 1.08 bits per heavy atom. The van der Waals surface area contributed by atoms with E-state index in [0.29, 0.717) is 37.5 Å². The summed E-state index contributed by atoms with van der Waals surface area (Å²) in [5.74, 6) is -0.525. The number of ether oxygens (including phenoxy) is 4. The van der Waals surface area contributed by atoms with Gasteiger partial charge < -0.3 is 23.8 Å². The van der Waals surface area contributed by atoms with Gasteiger partial charge in [-0.25, -0.2) is 14.6 Å². The first kappa shape index (κ1) is 34.5. The Hall–Kier alpha value is -4.82. The lowest BCUT2D eigenvalue weighted by Crippen LogP contribution is -2.40. The van der Waals surface area contributed by atoms with Gasteiger partial charge in [-0.15, -0.1) is 0 Å². The van der Waals surface area contributed by atoms with E-state index < -0.39 is 23.5 Å². The molecule has 0 saturated carbocycles. The number of allylic oxidation sites excluding steroid dienone is 1. The van der Waals surface area contributed by atoms with Gasteiger partial charge in [-0.1, -0.05) is 29.5 Å². The molecule has 0 N–H and O–H groups in total. The van der Waals surface area contributed by atoms with Crippen molar-refractivity contribution in [2.24, 2.45) is 4.99 Å². The van der Waals surface area contributed by atoms with Crippen LogP contribution in [0.15, 0.2) is 57.5 Å². The Kier molecular flexibility index (Phi) is 10.7. The zero-order valence-corrected chi connectivity index (χ0v) is 28.3. The summed E-state index contributed by atoms with van der Waals surface area (Å²) in [5, 5.41) is 12.1. The highest BCUT2D eigenvalue weighted by atomic mass is 32.1. The first-order valence-electron chi connectivity index (χ1n) is 15.7. The number of likely N-dealkylation sites (tertiary alicyclic amines) is 1. The van der Waals surface area contributed by atoms with E-state index in [-0.39, 0.29) is 47.7 Å². The van der Waals surface area contributed by atoms with Gasteiger partial charge in [0.15, 0.2) is 22.9 Å². The van der Waals surface area contributed by atoms with Crippen molar-refractivity contribution < 1.29 is 33.5 Å². The summed E-state index contributed by atoms with van der Waals surface area (Å²) in [4.78, 5) is 58.2. The van der Waals surface area contributed by atoms with Crippen molar-refractivity contribution in [3.63, 3.8) is 0 Å². The maximum absolute atomic E-state index is 14.1. The van der Waals surface area contributed by atoms with Gasteiger partial charge in [-0.2, -0.15) is 0 Å². The van der Waals surface area contributed by atoms with E-state index in [0.717, 1.165) is 37.3 Å². The molecule has 14 heteroatoms. The molecule has 2 aliphatic rings. The fourth-order valence-electron chi connectivity index (χ4n) is 6.01. The van der Waals surface area contributed by atoms with Crippen molar-refractivity contribution in [3.05, 3.63) is 94.2 Å².